The number of rotatable bonds is 0. The highest BCUT2D eigenvalue weighted by atomic mass is 19.1. The first kappa shape index (κ1) is 15.4. The number of piperazine rings is 1. The lowest BCUT2D eigenvalue weighted by molar-refractivity contribution is -0.141. The lowest BCUT2D eigenvalue weighted by atomic mass is 9.81. The van der Waals surface area contributed by atoms with Crippen molar-refractivity contribution in [3.05, 3.63) is 34.9 Å². The number of nitrogens with zero attached hydrogens (tertiary/aromatic N) is 1. The predicted octanol–water partition coefficient (Wildman–Crippen LogP) is 2.53. The number of benzene rings is 1. The average molecular weight is 336 g/mol. The predicted molar refractivity (Wildman–Crippen MR) is 80.4 cm³/mol. The zero-order valence-electron chi connectivity index (χ0n) is 13.1. The van der Waals surface area contributed by atoms with Gasteiger partial charge in [-0.25, -0.2) is 13.6 Å². The van der Waals surface area contributed by atoms with E-state index in [1.54, 1.807) is 0 Å². The van der Waals surface area contributed by atoms with Gasteiger partial charge in [0, 0.05) is 6.07 Å². The van der Waals surface area contributed by atoms with Crippen LogP contribution < -0.4 is 5.32 Å². The largest absolute Gasteiger partial charge is 0.465 e. The molecule has 1 saturated carbocycles. The fraction of sp³-hybridized carbons (Fsp3) is 0.529. The van der Waals surface area contributed by atoms with Crippen molar-refractivity contribution in [2.75, 3.05) is 6.54 Å². The first-order valence-corrected chi connectivity index (χ1v) is 8.20. The molecule has 1 aromatic carbocycles. The van der Waals surface area contributed by atoms with Crippen LogP contribution in [0.15, 0.2) is 12.1 Å². The lowest BCUT2D eigenvalue weighted by Crippen LogP contribution is -2.71. The molecule has 4 rings (SSSR count). The van der Waals surface area contributed by atoms with Gasteiger partial charge in [-0.1, -0.05) is 12.8 Å². The quantitative estimate of drug-likeness (QED) is 0.765. The number of carbonyl (C=O) groups excluding carboxylic acids is 1. The van der Waals surface area contributed by atoms with Crippen LogP contribution in [0.25, 0.3) is 0 Å². The minimum absolute atomic E-state index is 0.0317. The second-order valence-corrected chi connectivity index (χ2v) is 7.06. The Balaban J connectivity index is 1.81. The first-order chi connectivity index (χ1) is 11.4. The molecule has 3 aliphatic rings. The van der Waals surface area contributed by atoms with E-state index in [2.05, 4.69) is 5.32 Å². The number of carbonyl (C=O) groups is 2. The van der Waals surface area contributed by atoms with Crippen LogP contribution in [0.2, 0.25) is 0 Å². The summed E-state index contributed by atoms with van der Waals surface area (Å²) in [5.74, 6) is -1.70. The van der Waals surface area contributed by atoms with E-state index < -0.39 is 28.8 Å². The minimum Gasteiger partial charge on any atom is -0.465 e. The van der Waals surface area contributed by atoms with Crippen molar-refractivity contribution in [1.82, 2.24) is 10.2 Å². The Bertz CT molecular complexity index is 746. The molecule has 24 heavy (non-hydrogen) atoms. The van der Waals surface area contributed by atoms with E-state index in [-0.39, 0.29) is 12.5 Å². The van der Waals surface area contributed by atoms with Crippen molar-refractivity contribution in [2.45, 2.75) is 49.6 Å². The Labute approximate surface area is 137 Å². The number of halogens is 2. The highest BCUT2D eigenvalue weighted by molar-refractivity contribution is 5.92. The Kier molecular flexibility index (Phi) is 3.14. The van der Waals surface area contributed by atoms with E-state index in [0.717, 1.165) is 18.9 Å². The zero-order chi connectivity index (χ0) is 17.1. The van der Waals surface area contributed by atoms with Crippen molar-refractivity contribution in [2.24, 2.45) is 0 Å². The van der Waals surface area contributed by atoms with E-state index in [1.807, 2.05) is 0 Å². The number of nitrogens with one attached hydrogen (secondary N) is 1. The van der Waals surface area contributed by atoms with Crippen molar-refractivity contribution in [1.29, 1.82) is 0 Å². The van der Waals surface area contributed by atoms with Gasteiger partial charge in [0.05, 0.1) is 12.1 Å². The van der Waals surface area contributed by atoms with Crippen LogP contribution in [0.5, 0.6) is 0 Å². The molecule has 1 saturated heterocycles. The molecule has 1 atom stereocenters. The summed E-state index contributed by atoms with van der Waals surface area (Å²) in [5.41, 5.74) is -1.34. The Morgan fingerprint density at radius 1 is 1.21 bits per heavy atom. The summed E-state index contributed by atoms with van der Waals surface area (Å²) in [6.45, 7) is 0.0317. The Morgan fingerprint density at radius 3 is 2.58 bits per heavy atom. The van der Waals surface area contributed by atoms with Crippen molar-refractivity contribution >= 4 is 12.0 Å². The maximum Gasteiger partial charge on any atom is 0.408 e. The molecule has 1 unspecified atom stereocenters. The molecule has 2 fully saturated rings. The summed E-state index contributed by atoms with van der Waals surface area (Å²) in [4.78, 5) is 25.9. The molecule has 1 aromatic rings. The minimum atomic E-state index is -1.16. The summed E-state index contributed by atoms with van der Waals surface area (Å²) in [6.07, 6.45) is 2.14. The molecule has 128 valence electrons. The number of amides is 2. The molecule has 0 aromatic heterocycles. The van der Waals surface area contributed by atoms with E-state index in [1.165, 1.54) is 11.0 Å². The normalized spacial score (nSPS) is 27.6. The number of hydrogen-bond donors (Lipinski definition) is 2. The van der Waals surface area contributed by atoms with Gasteiger partial charge in [-0.3, -0.25) is 9.69 Å². The summed E-state index contributed by atoms with van der Waals surface area (Å²) >= 11 is 0. The third kappa shape index (κ3) is 1.90. The summed E-state index contributed by atoms with van der Waals surface area (Å²) < 4.78 is 27.8. The maximum atomic E-state index is 14.1. The van der Waals surface area contributed by atoms with Crippen LogP contribution in [0.3, 0.4) is 0 Å². The lowest BCUT2D eigenvalue weighted by Gasteiger charge is -2.50. The SMILES string of the molecule is O=C(O)N1CC2(CCc3c(F)cc(F)cc32)NC(=O)C12CCCC2. The molecule has 2 N–H and O–H groups in total. The number of fused-ring (bicyclic) bond motifs is 2. The summed E-state index contributed by atoms with van der Waals surface area (Å²) in [6, 6.07) is 2.05. The fourth-order valence-electron chi connectivity index (χ4n) is 4.68. The fourth-order valence-corrected chi connectivity index (χ4v) is 4.68. The van der Waals surface area contributed by atoms with Crippen LogP contribution in [0.1, 0.15) is 43.2 Å². The van der Waals surface area contributed by atoms with Gasteiger partial charge in [-0.2, -0.15) is 0 Å². The molecule has 2 spiro atoms. The molecule has 1 aliphatic heterocycles. The third-order valence-corrected chi connectivity index (χ3v) is 5.86. The molecule has 2 aliphatic carbocycles. The Morgan fingerprint density at radius 2 is 1.92 bits per heavy atom. The van der Waals surface area contributed by atoms with Crippen LogP contribution in [-0.4, -0.2) is 34.1 Å². The smallest absolute Gasteiger partial charge is 0.408 e. The van der Waals surface area contributed by atoms with Crippen molar-refractivity contribution in [3.8, 4) is 0 Å². The summed E-state index contributed by atoms with van der Waals surface area (Å²) in [5, 5.41) is 12.6. The van der Waals surface area contributed by atoms with E-state index in [9.17, 15) is 23.5 Å². The van der Waals surface area contributed by atoms with Crippen LogP contribution >= 0.6 is 0 Å². The topological polar surface area (TPSA) is 69.6 Å². The Hall–Kier alpha value is -2.18. The number of hydrogen-bond acceptors (Lipinski definition) is 2. The molecule has 0 bridgehead atoms. The van der Waals surface area contributed by atoms with Gasteiger partial charge in [0.25, 0.3) is 0 Å². The van der Waals surface area contributed by atoms with Gasteiger partial charge in [-0.15, -0.1) is 0 Å². The molecule has 7 heteroatoms. The van der Waals surface area contributed by atoms with Crippen LogP contribution in [-0.2, 0) is 16.8 Å². The highest BCUT2D eigenvalue weighted by Crippen LogP contribution is 2.46. The van der Waals surface area contributed by atoms with Gasteiger partial charge >= 0.3 is 6.09 Å². The average Bonchev–Trinajstić information content (AvgIpc) is 3.11. The van der Waals surface area contributed by atoms with Crippen molar-refractivity contribution in [3.63, 3.8) is 0 Å². The molecule has 2 amide bonds. The maximum absolute atomic E-state index is 14.1. The van der Waals surface area contributed by atoms with E-state index in [4.69, 9.17) is 0 Å². The third-order valence-electron chi connectivity index (χ3n) is 5.86. The van der Waals surface area contributed by atoms with Crippen molar-refractivity contribution < 1.29 is 23.5 Å². The van der Waals surface area contributed by atoms with Gasteiger partial charge in [-0.05, 0) is 42.9 Å². The highest BCUT2D eigenvalue weighted by Gasteiger charge is 2.58. The monoisotopic (exact) mass is 336 g/mol. The van der Waals surface area contributed by atoms with Gasteiger partial charge in [0.15, 0.2) is 0 Å². The number of carboxylic acid groups (broad SMARTS) is 1. The molecular weight excluding hydrogens is 318 g/mol. The molecule has 5 nitrogen and oxygen atoms in total. The second-order valence-electron chi connectivity index (χ2n) is 7.06. The molecular formula is C17H18F2N2O3. The van der Waals surface area contributed by atoms with Gasteiger partial charge in [0.1, 0.15) is 17.2 Å². The van der Waals surface area contributed by atoms with Crippen LogP contribution in [0, 0.1) is 11.6 Å². The van der Waals surface area contributed by atoms with E-state index >= 15 is 0 Å². The molecule has 0 radical (unpaired) electrons. The second kappa shape index (κ2) is 4.91. The van der Waals surface area contributed by atoms with E-state index in [0.29, 0.717) is 36.8 Å². The molecule has 1 heterocycles. The van der Waals surface area contributed by atoms with Crippen LogP contribution in [0.4, 0.5) is 13.6 Å². The zero-order valence-corrected chi connectivity index (χ0v) is 13.1. The summed E-state index contributed by atoms with van der Waals surface area (Å²) in [7, 11) is 0. The standard InChI is InChI=1S/C17H18F2N2O3/c18-10-7-12-11(13(19)8-10)3-6-16(12)9-21(15(23)24)17(14(22)20-16)4-1-2-5-17/h7-8H,1-6,9H2,(H,20,22)(H,23,24). The van der Waals surface area contributed by atoms with Gasteiger partial charge in [0.2, 0.25) is 5.91 Å². The van der Waals surface area contributed by atoms with Gasteiger partial charge < -0.3 is 10.4 Å². The first-order valence-electron chi connectivity index (χ1n) is 8.20.